The molecule has 0 aliphatic carbocycles. The van der Waals surface area contributed by atoms with Crippen molar-refractivity contribution in [1.82, 2.24) is 5.32 Å². The van der Waals surface area contributed by atoms with Crippen molar-refractivity contribution in [1.29, 1.82) is 0 Å². The highest BCUT2D eigenvalue weighted by atomic mass is 19.4. The van der Waals surface area contributed by atoms with Gasteiger partial charge in [-0.2, -0.15) is 13.2 Å². The van der Waals surface area contributed by atoms with Gasteiger partial charge in [0.25, 0.3) is 0 Å². The standard InChI is InChI=1S/C8H14F3NO2/c1-4(2)6(12-5(3)13)7(14)8(9,10)11/h4,6-7,14H,1-3H3,(H,12,13). The van der Waals surface area contributed by atoms with Crippen LogP contribution >= 0.6 is 0 Å². The highest BCUT2D eigenvalue weighted by Gasteiger charge is 2.44. The Balaban J connectivity index is 4.57. The summed E-state index contributed by atoms with van der Waals surface area (Å²) in [4.78, 5) is 10.6. The molecule has 0 aromatic carbocycles. The first-order valence-electron chi connectivity index (χ1n) is 4.18. The van der Waals surface area contributed by atoms with Gasteiger partial charge in [0.05, 0.1) is 6.04 Å². The third kappa shape index (κ3) is 3.95. The van der Waals surface area contributed by atoms with Crippen LogP contribution in [0.25, 0.3) is 0 Å². The number of hydrogen-bond acceptors (Lipinski definition) is 2. The Bertz CT molecular complexity index is 203. The van der Waals surface area contributed by atoms with Crippen molar-refractivity contribution in [2.45, 2.75) is 39.1 Å². The van der Waals surface area contributed by atoms with Crippen molar-refractivity contribution < 1.29 is 23.1 Å². The Morgan fingerprint density at radius 3 is 2.00 bits per heavy atom. The van der Waals surface area contributed by atoms with Crippen molar-refractivity contribution in [2.75, 3.05) is 0 Å². The number of carbonyl (C=O) groups excluding carboxylic acids is 1. The van der Waals surface area contributed by atoms with E-state index in [0.717, 1.165) is 6.92 Å². The molecule has 0 bridgehead atoms. The molecule has 2 unspecified atom stereocenters. The smallest absolute Gasteiger partial charge is 0.382 e. The van der Waals surface area contributed by atoms with E-state index in [1.54, 1.807) is 0 Å². The van der Waals surface area contributed by atoms with Crippen LogP contribution in [0.15, 0.2) is 0 Å². The van der Waals surface area contributed by atoms with Gasteiger partial charge in [-0.3, -0.25) is 4.79 Å². The molecule has 2 N–H and O–H groups in total. The van der Waals surface area contributed by atoms with Gasteiger partial charge >= 0.3 is 6.18 Å². The quantitative estimate of drug-likeness (QED) is 0.736. The molecule has 0 aliphatic rings. The zero-order valence-corrected chi connectivity index (χ0v) is 8.22. The largest absolute Gasteiger partial charge is 0.416 e. The van der Waals surface area contributed by atoms with Gasteiger partial charge in [0.15, 0.2) is 6.10 Å². The molecule has 0 heterocycles. The molecular formula is C8H14F3NO2. The molecule has 3 nitrogen and oxygen atoms in total. The summed E-state index contributed by atoms with van der Waals surface area (Å²) in [6.07, 6.45) is -7.23. The minimum atomic E-state index is -4.71. The van der Waals surface area contributed by atoms with E-state index in [4.69, 9.17) is 5.11 Å². The maximum absolute atomic E-state index is 12.1. The number of alkyl halides is 3. The number of aliphatic hydroxyl groups is 1. The van der Waals surface area contributed by atoms with Crippen LogP contribution in [0.4, 0.5) is 13.2 Å². The van der Waals surface area contributed by atoms with Crippen molar-refractivity contribution in [3.63, 3.8) is 0 Å². The Hall–Kier alpha value is -0.780. The summed E-state index contributed by atoms with van der Waals surface area (Å²) in [7, 11) is 0. The lowest BCUT2D eigenvalue weighted by atomic mass is 9.98. The van der Waals surface area contributed by atoms with Crippen LogP contribution in [0.2, 0.25) is 0 Å². The molecule has 0 aromatic heterocycles. The van der Waals surface area contributed by atoms with E-state index in [2.05, 4.69) is 5.32 Å². The zero-order valence-electron chi connectivity index (χ0n) is 8.22. The normalized spacial score (nSPS) is 16.6. The lowest BCUT2D eigenvalue weighted by Gasteiger charge is -2.28. The highest BCUT2D eigenvalue weighted by Crippen LogP contribution is 2.25. The Kier molecular flexibility index (Phi) is 4.38. The molecule has 84 valence electrons. The van der Waals surface area contributed by atoms with Gasteiger partial charge in [0.1, 0.15) is 0 Å². The second-order valence-corrected chi connectivity index (χ2v) is 3.46. The summed E-state index contributed by atoms with van der Waals surface area (Å²) in [6, 6.07) is -1.30. The molecule has 0 spiro atoms. The maximum atomic E-state index is 12.1. The maximum Gasteiger partial charge on any atom is 0.416 e. The van der Waals surface area contributed by atoms with Gasteiger partial charge in [-0.1, -0.05) is 13.8 Å². The number of halogens is 3. The summed E-state index contributed by atoms with van der Waals surface area (Å²) >= 11 is 0. The van der Waals surface area contributed by atoms with Gasteiger partial charge in [0, 0.05) is 6.92 Å². The third-order valence-corrected chi connectivity index (χ3v) is 1.76. The van der Waals surface area contributed by atoms with E-state index in [0.29, 0.717) is 0 Å². The van der Waals surface area contributed by atoms with Gasteiger partial charge < -0.3 is 10.4 Å². The Labute approximate surface area is 80.3 Å². The average molecular weight is 213 g/mol. The van der Waals surface area contributed by atoms with E-state index in [1.807, 2.05) is 0 Å². The number of hydrogen-bond donors (Lipinski definition) is 2. The molecule has 0 radical (unpaired) electrons. The van der Waals surface area contributed by atoms with Crippen LogP contribution in [0.3, 0.4) is 0 Å². The molecule has 0 aliphatic heterocycles. The SMILES string of the molecule is CC(=O)NC(C(C)C)C(O)C(F)(F)F. The minimum absolute atomic E-state index is 0.490. The molecule has 6 heteroatoms. The van der Waals surface area contributed by atoms with E-state index in [1.165, 1.54) is 13.8 Å². The summed E-state index contributed by atoms with van der Waals surface area (Å²) < 4.78 is 36.3. The Morgan fingerprint density at radius 2 is 1.79 bits per heavy atom. The highest BCUT2D eigenvalue weighted by molar-refractivity contribution is 5.73. The monoisotopic (exact) mass is 213 g/mol. The molecule has 0 saturated heterocycles. The fourth-order valence-electron chi connectivity index (χ4n) is 1.05. The zero-order chi connectivity index (χ0) is 11.5. The number of amides is 1. The van der Waals surface area contributed by atoms with Crippen molar-refractivity contribution in [3.8, 4) is 0 Å². The number of carbonyl (C=O) groups is 1. The Morgan fingerprint density at radius 1 is 1.36 bits per heavy atom. The van der Waals surface area contributed by atoms with Gasteiger partial charge in [-0.25, -0.2) is 0 Å². The van der Waals surface area contributed by atoms with E-state index in [9.17, 15) is 18.0 Å². The molecule has 1 amide bonds. The molecule has 0 fully saturated rings. The first kappa shape index (κ1) is 13.2. The number of rotatable bonds is 3. The second-order valence-electron chi connectivity index (χ2n) is 3.46. The molecule has 0 aromatic rings. The predicted molar refractivity (Wildman–Crippen MR) is 44.5 cm³/mol. The summed E-state index contributed by atoms with van der Waals surface area (Å²) in [6.45, 7) is 4.10. The van der Waals surface area contributed by atoms with Crippen LogP contribution < -0.4 is 5.32 Å². The molecular weight excluding hydrogens is 199 g/mol. The molecule has 2 atom stereocenters. The molecule has 0 rings (SSSR count). The summed E-state index contributed by atoms with van der Waals surface area (Å²) in [5, 5.41) is 11.0. The van der Waals surface area contributed by atoms with Crippen LogP contribution in [-0.2, 0) is 4.79 Å². The fraction of sp³-hybridized carbons (Fsp3) is 0.875. The van der Waals surface area contributed by atoms with Crippen LogP contribution in [0.5, 0.6) is 0 Å². The van der Waals surface area contributed by atoms with Gasteiger partial charge in [0.2, 0.25) is 5.91 Å². The number of nitrogens with one attached hydrogen (secondary N) is 1. The van der Waals surface area contributed by atoms with Gasteiger partial charge in [-0.15, -0.1) is 0 Å². The molecule has 0 saturated carbocycles. The third-order valence-electron chi connectivity index (χ3n) is 1.76. The van der Waals surface area contributed by atoms with Crippen molar-refractivity contribution in [2.24, 2.45) is 5.92 Å². The van der Waals surface area contributed by atoms with E-state index >= 15 is 0 Å². The summed E-state index contributed by atoms with van der Waals surface area (Å²) in [5.41, 5.74) is 0. The van der Waals surface area contributed by atoms with E-state index in [-0.39, 0.29) is 0 Å². The van der Waals surface area contributed by atoms with Crippen LogP contribution in [-0.4, -0.2) is 29.3 Å². The predicted octanol–water partition coefficient (Wildman–Crippen LogP) is 1.07. The van der Waals surface area contributed by atoms with Crippen LogP contribution in [0.1, 0.15) is 20.8 Å². The van der Waals surface area contributed by atoms with Crippen molar-refractivity contribution >= 4 is 5.91 Å². The fourth-order valence-corrected chi connectivity index (χ4v) is 1.05. The second kappa shape index (κ2) is 4.63. The first-order valence-corrected chi connectivity index (χ1v) is 4.18. The lowest BCUT2D eigenvalue weighted by molar-refractivity contribution is -0.215. The minimum Gasteiger partial charge on any atom is -0.382 e. The topological polar surface area (TPSA) is 49.3 Å². The van der Waals surface area contributed by atoms with Crippen LogP contribution in [0, 0.1) is 5.92 Å². The molecule has 14 heavy (non-hydrogen) atoms. The lowest BCUT2D eigenvalue weighted by Crippen LogP contribution is -2.52. The van der Waals surface area contributed by atoms with Gasteiger partial charge in [-0.05, 0) is 5.92 Å². The van der Waals surface area contributed by atoms with Crippen molar-refractivity contribution in [3.05, 3.63) is 0 Å². The first-order chi connectivity index (χ1) is 6.16. The number of aliphatic hydroxyl groups excluding tert-OH is 1. The van der Waals surface area contributed by atoms with E-state index < -0.39 is 30.1 Å². The average Bonchev–Trinajstić information content (AvgIpc) is 1.96. The summed E-state index contributed by atoms with van der Waals surface area (Å²) in [5.74, 6) is -1.08.